The number of rotatable bonds is 4. The summed E-state index contributed by atoms with van der Waals surface area (Å²) < 4.78 is 0.753. The number of nitrogens with zero attached hydrogens (tertiary/aromatic N) is 6. The molecule has 2 rings (SSSR count). The molecule has 0 saturated heterocycles. The molecule has 0 aromatic carbocycles. The Kier molecular flexibility index (Phi) is 4.15. The molecule has 96 valence electrons. The van der Waals surface area contributed by atoms with Crippen LogP contribution in [0.3, 0.4) is 0 Å². The highest BCUT2D eigenvalue weighted by atomic mass is 35.5. The van der Waals surface area contributed by atoms with Gasteiger partial charge in [-0.05, 0) is 23.4 Å². The van der Waals surface area contributed by atoms with E-state index in [1.807, 2.05) is 19.0 Å². The maximum absolute atomic E-state index is 5.79. The number of hydrogen-bond acceptors (Lipinski definition) is 9. The summed E-state index contributed by atoms with van der Waals surface area (Å²) in [5, 5.41) is 12.4. The summed E-state index contributed by atoms with van der Waals surface area (Å²) in [6.45, 7) is 0. The van der Waals surface area contributed by atoms with E-state index in [1.165, 1.54) is 23.1 Å². The van der Waals surface area contributed by atoms with E-state index in [2.05, 4.69) is 30.5 Å². The third kappa shape index (κ3) is 3.18. The second-order valence-electron chi connectivity index (χ2n) is 3.31. The summed E-state index contributed by atoms with van der Waals surface area (Å²) in [4.78, 5) is 14.0. The van der Waals surface area contributed by atoms with Crippen LogP contribution < -0.4 is 10.2 Å². The first-order valence-electron chi connectivity index (χ1n) is 4.86. The molecule has 1 N–H and O–H groups in total. The molecule has 0 aliphatic carbocycles. The Morgan fingerprint density at radius 3 is 2.61 bits per heavy atom. The van der Waals surface area contributed by atoms with Crippen molar-refractivity contribution in [3.63, 3.8) is 0 Å². The number of hydrogen-bond donors (Lipinski definition) is 1. The Morgan fingerprint density at radius 1 is 1.22 bits per heavy atom. The summed E-state index contributed by atoms with van der Waals surface area (Å²) in [6.07, 6.45) is 0. The fourth-order valence-corrected chi connectivity index (χ4v) is 2.82. The lowest BCUT2D eigenvalue weighted by molar-refractivity contribution is 0.903. The third-order valence-electron chi connectivity index (χ3n) is 1.77. The largest absolute Gasteiger partial charge is 0.357 e. The Balaban J connectivity index is 2.19. The average molecular weight is 304 g/mol. The quantitative estimate of drug-likeness (QED) is 0.913. The van der Waals surface area contributed by atoms with Gasteiger partial charge in [0.25, 0.3) is 0 Å². The van der Waals surface area contributed by atoms with E-state index in [4.69, 9.17) is 11.6 Å². The van der Waals surface area contributed by atoms with Crippen molar-refractivity contribution in [1.82, 2.24) is 25.1 Å². The van der Waals surface area contributed by atoms with Crippen LogP contribution >= 0.6 is 34.7 Å². The SMILES string of the molecule is CNc1nc(Cl)nc(Sc2nnc(N(C)C)s2)n1. The van der Waals surface area contributed by atoms with E-state index in [1.54, 1.807) is 7.05 Å². The van der Waals surface area contributed by atoms with Gasteiger partial charge in [0.05, 0.1) is 0 Å². The molecule has 2 aromatic heterocycles. The Morgan fingerprint density at radius 2 is 2.00 bits per heavy atom. The number of anilines is 2. The third-order valence-corrected chi connectivity index (χ3v) is 3.94. The lowest BCUT2D eigenvalue weighted by Gasteiger charge is -2.03. The van der Waals surface area contributed by atoms with Crippen molar-refractivity contribution in [2.45, 2.75) is 9.50 Å². The minimum absolute atomic E-state index is 0.147. The van der Waals surface area contributed by atoms with Gasteiger partial charge in [-0.3, -0.25) is 0 Å². The normalized spacial score (nSPS) is 10.4. The lowest BCUT2D eigenvalue weighted by Crippen LogP contribution is -2.07. The maximum atomic E-state index is 5.79. The predicted octanol–water partition coefficient (Wildman–Crippen LogP) is 1.64. The van der Waals surface area contributed by atoms with Gasteiger partial charge in [0.2, 0.25) is 21.5 Å². The van der Waals surface area contributed by atoms with Crippen LogP contribution in [-0.4, -0.2) is 46.3 Å². The van der Waals surface area contributed by atoms with Gasteiger partial charge in [-0.1, -0.05) is 11.3 Å². The van der Waals surface area contributed by atoms with E-state index in [9.17, 15) is 0 Å². The summed E-state index contributed by atoms with van der Waals surface area (Å²) in [6, 6.07) is 0. The highest BCUT2D eigenvalue weighted by Gasteiger charge is 2.11. The molecule has 0 atom stereocenters. The molecular weight excluding hydrogens is 294 g/mol. The molecule has 18 heavy (non-hydrogen) atoms. The standard InChI is InChI=1S/C8H10ClN7S2/c1-10-5-11-4(9)12-6(13-5)17-8-15-14-7(18-8)16(2)3/h1-3H3,(H,10,11,12,13). The van der Waals surface area contributed by atoms with Crippen molar-refractivity contribution < 1.29 is 0 Å². The zero-order valence-electron chi connectivity index (χ0n) is 9.88. The van der Waals surface area contributed by atoms with Gasteiger partial charge >= 0.3 is 0 Å². The van der Waals surface area contributed by atoms with Crippen LogP contribution in [0.2, 0.25) is 5.28 Å². The van der Waals surface area contributed by atoms with E-state index >= 15 is 0 Å². The number of nitrogens with one attached hydrogen (secondary N) is 1. The highest BCUT2D eigenvalue weighted by molar-refractivity contribution is 8.00. The second-order valence-corrected chi connectivity index (χ2v) is 5.82. The topological polar surface area (TPSA) is 79.7 Å². The number of aromatic nitrogens is 5. The van der Waals surface area contributed by atoms with E-state index < -0.39 is 0 Å². The highest BCUT2D eigenvalue weighted by Crippen LogP contribution is 2.31. The lowest BCUT2D eigenvalue weighted by atomic mass is 10.9. The molecule has 0 fully saturated rings. The van der Waals surface area contributed by atoms with Crippen LogP contribution in [0.5, 0.6) is 0 Å². The summed E-state index contributed by atoms with van der Waals surface area (Å²) in [5.74, 6) is 0.426. The smallest absolute Gasteiger partial charge is 0.228 e. The molecule has 0 unspecified atom stereocenters. The van der Waals surface area contributed by atoms with Gasteiger partial charge in [0, 0.05) is 21.1 Å². The average Bonchev–Trinajstić information content (AvgIpc) is 2.76. The zero-order valence-corrected chi connectivity index (χ0v) is 12.3. The molecular formula is C8H10ClN7S2. The Labute approximate surface area is 117 Å². The first-order valence-corrected chi connectivity index (χ1v) is 6.87. The fourth-order valence-electron chi connectivity index (χ4n) is 0.992. The van der Waals surface area contributed by atoms with Crippen LogP contribution in [-0.2, 0) is 0 Å². The monoisotopic (exact) mass is 303 g/mol. The molecule has 2 heterocycles. The van der Waals surface area contributed by atoms with Crippen molar-refractivity contribution in [2.24, 2.45) is 0 Å². The van der Waals surface area contributed by atoms with Gasteiger partial charge in [-0.2, -0.15) is 15.0 Å². The van der Waals surface area contributed by atoms with Crippen molar-refractivity contribution in [1.29, 1.82) is 0 Å². The van der Waals surface area contributed by atoms with E-state index in [0.717, 1.165) is 9.47 Å². The fraction of sp³-hybridized carbons (Fsp3) is 0.375. The first kappa shape index (κ1) is 13.2. The van der Waals surface area contributed by atoms with Crippen LogP contribution in [0.15, 0.2) is 9.50 Å². The minimum Gasteiger partial charge on any atom is -0.357 e. The summed E-state index contributed by atoms with van der Waals surface area (Å²) in [5.41, 5.74) is 0. The molecule has 0 aliphatic rings. The van der Waals surface area contributed by atoms with Gasteiger partial charge in [0.15, 0.2) is 4.34 Å². The maximum Gasteiger partial charge on any atom is 0.228 e. The van der Waals surface area contributed by atoms with Crippen LogP contribution in [0, 0.1) is 0 Å². The minimum atomic E-state index is 0.147. The van der Waals surface area contributed by atoms with Gasteiger partial charge in [-0.15, -0.1) is 10.2 Å². The zero-order chi connectivity index (χ0) is 13.1. The molecule has 0 bridgehead atoms. The van der Waals surface area contributed by atoms with E-state index in [-0.39, 0.29) is 5.28 Å². The molecule has 0 aliphatic heterocycles. The molecule has 0 amide bonds. The molecule has 0 saturated carbocycles. The van der Waals surface area contributed by atoms with Crippen molar-refractivity contribution >= 4 is 45.8 Å². The first-order chi connectivity index (χ1) is 8.58. The van der Waals surface area contributed by atoms with Crippen molar-refractivity contribution in [3.05, 3.63) is 5.28 Å². The van der Waals surface area contributed by atoms with Crippen molar-refractivity contribution in [2.75, 3.05) is 31.4 Å². The predicted molar refractivity (Wildman–Crippen MR) is 72.7 cm³/mol. The van der Waals surface area contributed by atoms with Gasteiger partial charge < -0.3 is 10.2 Å². The van der Waals surface area contributed by atoms with Crippen LogP contribution in [0.4, 0.5) is 11.1 Å². The Hall–Kier alpha value is -1.19. The van der Waals surface area contributed by atoms with Crippen LogP contribution in [0.1, 0.15) is 0 Å². The van der Waals surface area contributed by atoms with Crippen LogP contribution in [0.25, 0.3) is 0 Å². The van der Waals surface area contributed by atoms with E-state index in [0.29, 0.717) is 11.1 Å². The molecule has 10 heteroatoms. The summed E-state index contributed by atoms with van der Waals surface area (Å²) >= 11 is 8.55. The Bertz CT molecular complexity index is 544. The van der Waals surface area contributed by atoms with Gasteiger partial charge in [-0.25, -0.2) is 0 Å². The number of halogens is 1. The molecule has 2 aromatic rings. The molecule has 0 spiro atoms. The van der Waals surface area contributed by atoms with Gasteiger partial charge in [0.1, 0.15) is 0 Å². The van der Waals surface area contributed by atoms with Crippen molar-refractivity contribution in [3.8, 4) is 0 Å². The molecule has 0 radical (unpaired) electrons. The summed E-state index contributed by atoms with van der Waals surface area (Å²) in [7, 11) is 5.54. The second kappa shape index (κ2) is 5.63. The molecule has 7 nitrogen and oxygen atoms in total.